The van der Waals surface area contributed by atoms with Crippen LogP contribution < -0.4 is 9.80 Å². The Labute approximate surface area is 102 Å². The van der Waals surface area contributed by atoms with Crippen molar-refractivity contribution in [1.29, 1.82) is 0 Å². The van der Waals surface area contributed by atoms with Gasteiger partial charge in [-0.3, -0.25) is 0 Å². The van der Waals surface area contributed by atoms with E-state index in [1.54, 1.807) is 9.80 Å². The van der Waals surface area contributed by atoms with Crippen molar-refractivity contribution >= 4 is 10.9 Å². The van der Waals surface area contributed by atoms with E-state index in [1.165, 1.54) is 42.8 Å². The first-order valence-electron chi connectivity index (χ1n) is 6.53. The standard InChI is InChI=1S/C14H19N3/c1-16-6-8-17(9-7-16)11-13-10-12-4-2-3-5-14(12)15-13/h2-5,10,15H,6-9,11H2,1H3/p+2. The zero-order chi connectivity index (χ0) is 11.7. The SMILES string of the molecule is C[NH+]1CC[NH+](Cc2cc3ccccc3[nH]2)CC1. The molecule has 1 aliphatic rings. The topological polar surface area (TPSA) is 24.7 Å². The molecule has 3 rings (SSSR count). The number of hydrogen-bond donors (Lipinski definition) is 3. The van der Waals surface area contributed by atoms with E-state index in [1.807, 2.05) is 0 Å². The van der Waals surface area contributed by atoms with Gasteiger partial charge in [0.25, 0.3) is 0 Å². The summed E-state index contributed by atoms with van der Waals surface area (Å²) in [7, 11) is 2.29. The quantitative estimate of drug-likeness (QED) is 0.596. The van der Waals surface area contributed by atoms with E-state index in [4.69, 9.17) is 0 Å². The molecule has 17 heavy (non-hydrogen) atoms. The summed E-state index contributed by atoms with van der Waals surface area (Å²) >= 11 is 0. The summed E-state index contributed by atoms with van der Waals surface area (Å²) < 4.78 is 0. The molecule has 90 valence electrons. The molecular formula is C14H21N3+2. The highest BCUT2D eigenvalue weighted by Gasteiger charge is 2.20. The van der Waals surface area contributed by atoms with E-state index >= 15 is 0 Å². The number of aromatic nitrogens is 1. The molecule has 0 bridgehead atoms. The number of rotatable bonds is 2. The lowest BCUT2D eigenvalue weighted by atomic mass is 10.2. The summed E-state index contributed by atoms with van der Waals surface area (Å²) in [5.41, 5.74) is 2.64. The van der Waals surface area contributed by atoms with Crippen molar-refractivity contribution in [2.45, 2.75) is 6.54 Å². The molecule has 3 nitrogen and oxygen atoms in total. The number of quaternary nitrogens is 2. The van der Waals surface area contributed by atoms with Crippen LogP contribution in [0.5, 0.6) is 0 Å². The first-order valence-corrected chi connectivity index (χ1v) is 6.53. The van der Waals surface area contributed by atoms with Gasteiger partial charge in [-0.1, -0.05) is 18.2 Å². The number of likely N-dealkylation sites (N-methyl/N-ethyl adjacent to an activating group) is 1. The smallest absolute Gasteiger partial charge is 0.127 e. The molecule has 0 saturated carbocycles. The highest BCUT2D eigenvalue weighted by atomic mass is 15.2. The summed E-state index contributed by atoms with van der Waals surface area (Å²) in [5, 5.41) is 1.33. The van der Waals surface area contributed by atoms with Gasteiger partial charge >= 0.3 is 0 Å². The summed E-state index contributed by atoms with van der Waals surface area (Å²) in [5.74, 6) is 0. The Morgan fingerprint density at radius 3 is 2.65 bits per heavy atom. The minimum Gasteiger partial charge on any atom is -0.354 e. The van der Waals surface area contributed by atoms with Gasteiger partial charge in [-0.2, -0.15) is 0 Å². The zero-order valence-electron chi connectivity index (χ0n) is 10.4. The maximum absolute atomic E-state index is 3.53. The van der Waals surface area contributed by atoms with E-state index in [9.17, 15) is 0 Å². The van der Waals surface area contributed by atoms with E-state index in [2.05, 4.69) is 42.4 Å². The number of fused-ring (bicyclic) bond motifs is 1. The molecule has 3 heteroatoms. The van der Waals surface area contributed by atoms with Crippen LogP contribution in [0.1, 0.15) is 5.69 Å². The first-order chi connectivity index (χ1) is 8.31. The lowest BCUT2D eigenvalue weighted by Crippen LogP contribution is -3.26. The number of nitrogens with one attached hydrogen (secondary N) is 3. The summed E-state index contributed by atoms with van der Waals surface area (Å²) in [4.78, 5) is 6.91. The van der Waals surface area contributed by atoms with Gasteiger partial charge < -0.3 is 14.8 Å². The molecule has 1 aromatic carbocycles. The molecule has 0 spiro atoms. The number of para-hydroxylation sites is 1. The number of benzene rings is 1. The van der Waals surface area contributed by atoms with Crippen molar-refractivity contribution in [3.05, 3.63) is 36.0 Å². The minimum atomic E-state index is 1.14. The maximum Gasteiger partial charge on any atom is 0.127 e. The third kappa shape index (κ3) is 2.35. The summed E-state index contributed by atoms with van der Waals surface area (Å²) in [6, 6.07) is 10.8. The van der Waals surface area contributed by atoms with Crippen LogP contribution in [0, 0.1) is 0 Å². The van der Waals surface area contributed by atoms with Crippen LogP contribution in [-0.4, -0.2) is 38.2 Å². The number of piperazine rings is 1. The summed E-state index contributed by atoms with van der Waals surface area (Å²) in [6.07, 6.45) is 0. The van der Waals surface area contributed by atoms with Gasteiger partial charge in [-0.05, 0) is 17.5 Å². The third-order valence-electron chi connectivity index (χ3n) is 3.84. The van der Waals surface area contributed by atoms with Crippen LogP contribution in [-0.2, 0) is 6.54 Å². The van der Waals surface area contributed by atoms with Crippen LogP contribution >= 0.6 is 0 Å². The Kier molecular flexibility index (Phi) is 2.87. The minimum absolute atomic E-state index is 1.14. The molecule has 2 heterocycles. The van der Waals surface area contributed by atoms with Crippen LogP contribution in [0.2, 0.25) is 0 Å². The zero-order valence-corrected chi connectivity index (χ0v) is 10.4. The molecule has 1 fully saturated rings. The average molecular weight is 231 g/mol. The molecule has 0 radical (unpaired) electrons. The molecule has 0 unspecified atom stereocenters. The Bertz CT molecular complexity index is 462. The molecule has 0 amide bonds. The Morgan fingerprint density at radius 1 is 1.12 bits per heavy atom. The lowest BCUT2D eigenvalue weighted by Gasteiger charge is -2.26. The van der Waals surface area contributed by atoms with Crippen molar-refractivity contribution in [1.82, 2.24) is 4.98 Å². The maximum atomic E-state index is 3.53. The Hall–Kier alpha value is -1.32. The van der Waals surface area contributed by atoms with Crippen LogP contribution in [0.25, 0.3) is 10.9 Å². The van der Waals surface area contributed by atoms with E-state index in [-0.39, 0.29) is 0 Å². The third-order valence-corrected chi connectivity index (χ3v) is 3.84. The molecule has 1 aromatic heterocycles. The summed E-state index contributed by atoms with van der Waals surface area (Å²) in [6.45, 7) is 6.33. The molecule has 0 aliphatic carbocycles. The molecular weight excluding hydrogens is 210 g/mol. The second-order valence-electron chi connectivity index (χ2n) is 5.27. The van der Waals surface area contributed by atoms with Gasteiger partial charge in [0.2, 0.25) is 0 Å². The van der Waals surface area contributed by atoms with E-state index in [0.717, 1.165) is 6.54 Å². The average Bonchev–Trinajstić information content (AvgIpc) is 2.74. The number of aromatic amines is 1. The fourth-order valence-corrected chi connectivity index (χ4v) is 2.71. The van der Waals surface area contributed by atoms with Crippen molar-refractivity contribution < 1.29 is 9.80 Å². The number of hydrogen-bond acceptors (Lipinski definition) is 0. The van der Waals surface area contributed by atoms with Gasteiger partial charge in [0.05, 0.1) is 12.7 Å². The fraction of sp³-hybridized carbons (Fsp3) is 0.429. The van der Waals surface area contributed by atoms with Crippen molar-refractivity contribution in [2.24, 2.45) is 0 Å². The predicted octanol–water partition coefficient (Wildman–Crippen LogP) is -0.919. The van der Waals surface area contributed by atoms with Crippen molar-refractivity contribution in [3.63, 3.8) is 0 Å². The van der Waals surface area contributed by atoms with Crippen LogP contribution in [0.3, 0.4) is 0 Å². The molecule has 3 N–H and O–H groups in total. The monoisotopic (exact) mass is 231 g/mol. The predicted molar refractivity (Wildman–Crippen MR) is 69.3 cm³/mol. The molecule has 2 aromatic rings. The fourth-order valence-electron chi connectivity index (χ4n) is 2.71. The molecule has 1 saturated heterocycles. The van der Waals surface area contributed by atoms with Gasteiger partial charge in [0.15, 0.2) is 0 Å². The van der Waals surface area contributed by atoms with E-state index < -0.39 is 0 Å². The van der Waals surface area contributed by atoms with Crippen LogP contribution in [0.4, 0.5) is 0 Å². The van der Waals surface area contributed by atoms with Crippen LogP contribution in [0.15, 0.2) is 30.3 Å². The molecule has 0 atom stereocenters. The van der Waals surface area contributed by atoms with Crippen molar-refractivity contribution in [3.8, 4) is 0 Å². The van der Waals surface area contributed by atoms with E-state index in [0.29, 0.717) is 0 Å². The van der Waals surface area contributed by atoms with Gasteiger partial charge in [0.1, 0.15) is 32.7 Å². The highest BCUT2D eigenvalue weighted by molar-refractivity contribution is 5.80. The first kappa shape index (κ1) is 10.8. The van der Waals surface area contributed by atoms with Gasteiger partial charge in [0, 0.05) is 5.52 Å². The van der Waals surface area contributed by atoms with Gasteiger partial charge in [-0.25, -0.2) is 0 Å². The second-order valence-corrected chi connectivity index (χ2v) is 5.27. The second kappa shape index (κ2) is 4.51. The Morgan fingerprint density at radius 2 is 1.88 bits per heavy atom. The number of H-pyrrole nitrogens is 1. The largest absolute Gasteiger partial charge is 0.354 e. The highest BCUT2D eigenvalue weighted by Crippen LogP contribution is 2.13. The normalized spacial score (nSPS) is 25.2. The van der Waals surface area contributed by atoms with Crippen molar-refractivity contribution in [2.75, 3.05) is 33.2 Å². The van der Waals surface area contributed by atoms with Gasteiger partial charge in [-0.15, -0.1) is 0 Å². The Balaban J connectivity index is 1.72. The molecule has 1 aliphatic heterocycles. The lowest BCUT2D eigenvalue weighted by molar-refractivity contribution is -1.01.